The molecular formula is C8H16N2O2SU. The molecule has 6 heteroatoms. The van der Waals surface area contributed by atoms with Gasteiger partial charge in [0.05, 0.1) is 12.2 Å². The summed E-state index contributed by atoms with van der Waals surface area (Å²) in [6, 6.07) is 0. The van der Waals surface area contributed by atoms with Crippen molar-refractivity contribution in [2.45, 2.75) is 25.6 Å². The summed E-state index contributed by atoms with van der Waals surface area (Å²) in [5.74, 6) is 4.56. The van der Waals surface area contributed by atoms with Gasteiger partial charge in [-0.3, -0.25) is 5.84 Å². The molecule has 1 atom stereocenters. The van der Waals surface area contributed by atoms with Crippen LogP contribution < -0.4 is 11.3 Å². The molecule has 14 heavy (non-hydrogen) atoms. The van der Waals surface area contributed by atoms with E-state index in [2.05, 4.69) is 25.0 Å². The standard InChI is InChI=1S/C7H13O2.CH3N2S.U/c1-6-4-8-5-7(2,3)9-6;2-3-1-4;/h6H,1,4-5H2,2-3H3;2H2,(H,3,4);/q2*-1;+2. The van der Waals surface area contributed by atoms with Crippen LogP contribution in [0.4, 0.5) is 0 Å². The summed E-state index contributed by atoms with van der Waals surface area (Å²) in [4.78, 5) is 0. The Bertz CT molecular complexity index is 158. The molecule has 80 valence electrons. The normalized spacial score (nSPS) is 23.6. The molecule has 1 aliphatic heterocycles. The van der Waals surface area contributed by atoms with E-state index in [4.69, 9.17) is 9.47 Å². The molecule has 0 aromatic carbocycles. The Hall–Kier alpha value is 0.822. The van der Waals surface area contributed by atoms with Crippen molar-refractivity contribution in [2.75, 3.05) is 13.2 Å². The van der Waals surface area contributed by atoms with Gasteiger partial charge in [-0.25, -0.2) is 0 Å². The summed E-state index contributed by atoms with van der Waals surface area (Å²) in [6.07, 6.45) is 0.00810. The summed E-state index contributed by atoms with van der Waals surface area (Å²) in [5, 5.41) is 0. The van der Waals surface area contributed by atoms with Crippen LogP contribution in [0, 0.1) is 38.0 Å². The summed E-state index contributed by atoms with van der Waals surface area (Å²) < 4.78 is 10.6. The Morgan fingerprint density at radius 3 is 2.36 bits per heavy atom. The molecule has 0 radical (unpaired) electrons. The molecule has 0 saturated carbocycles. The van der Waals surface area contributed by atoms with Crippen LogP contribution in [0.2, 0.25) is 0 Å². The fourth-order valence-electron chi connectivity index (χ4n) is 0.955. The van der Waals surface area contributed by atoms with E-state index in [0.29, 0.717) is 13.2 Å². The van der Waals surface area contributed by atoms with Gasteiger partial charge < -0.3 is 39.5 Å². The SMILES string of the molecule is NN[C-]=S.[CH2-]C1COCC(C)(C)O1.[U+2]. The molecule has 0 spiro atoms. The molecule has 3 N–H and O–H groups in total. The summed E-state index contributed by atoms with van der Waals surface area (Å²) >= 11 is 4.07. The van der Waals surface area contributed by atoms with Crippen LogP contribution in [-0.4, -0.2) is 30.4 Å². The number of nitrogens with one attached hydrogen (secondary N) is 1. The first-order valence-electron chi connectivity index (χ1n) is 3.93. The second-order valence-electron chi connectivity index (χ2n) is 3.26. The van der Waals surface area contributed by atoms with E-state index in [1.54, 1.807) is 0 Å². The van der Waals surface area contributed by atoms with Crippen molar-refractivity contribution in [3.63, 3.8) is 0 Å². The Morgan fingerprint density at radius 2 is 2.14 bits per heavy atom. The number of ether oxygens (including phenoxy) is 2. The van der Waals surface area contributed by atoms with E-state index in [1.807, 2.05) is 24.8 Å². The number of rotatable bonds is 1. The Labute approximate surface area is 115 Å². The van der Waals surface area contributed by atoms with Gasteiger partial charge in [-0.2, -0.15) is 0 Å². The van der Waals surface area contributed by atoms with Gasteiger partial charge in [0.1, 0.15) is 0 Å². The molecule has 0 amide bonds. The number of hydrogen-bond acceptors (Lipinski definition) is 4. The maximum Gasteiger partial charge on any atom is 2.00 e. The van der Waals surface area contributed by atoms with E-state index >= 15 is 0 Å². The molecule has 1 heterocycles. The quantitative estimate of drug-likeness (QED) is 0.201. The van der Waals surface area contributed by atoms with Crippen molar-refractivity contribution in [1.82, 2.24) is 5.43 Å². The average molecular weight is 442 g/mol. The molecule has 0 aromatic rings. The maximum atomic E-state index is 5.44. The second-order valence-corrected chi connectivity index (χ2v) is 3.47. The average Bonchev–Trinajstić information content (AvgIpc) is 2.02. The van der Waals surface area contributed by atoms with Crippen molar-refractivity contribution in [3.8, 4) is 0 Å². The first kappa shape index (κ1) is 17.2. The number of nitrogens with two attached hydrogens (primary N) is 1. The molecule has 1 unspecified atom stereocenters. The first-order valence-corrected chi connectivity index (χ1v) is 4.34. The van der Waals surface area contributed by atoms with Crippen molar-refractivity contribution >= 4 is 17.7 Å². The van der Waals surface area contributed by atoms with Crippen LogP contribution in [-0.2, 0) is 9.47 Å². The van der Waals surface area contributed by atoms with Crippen LogP contribution in [0.1, 0.15) is 13.8 Å². The fraction of sp³-hybridized carbons (Fsp3) is 0.750. The predicted octanol–water partition coefficient (Wildman–Crippen LogP) is 0.298. The van der Waals surface area contributed by atoms with E-state index < -0.39 is 0 Å². The van der Waals surface area contributed by atoms with Gasteiger partial charge in [-0.05, 0) is 20.0 Å². The minimum Gasteiger partial charge on any atom is -0.496 e. The zero-order valence-corrected chi connectivity index (χ0v) is 13.5. The van der Waals surface area contributed by atoms with E-state index in [-0.39, 0.29) is 42.8 Å². The molecule has 1 aliphatic rings. The third-order valence-electron chi connectivity index (χ3n) is 1.30. The van der Waals surface area contributed by atoms with Gasteiger partial charge >= 0.3 is 31.1 Å². The van der Waals surface area contributed by atoms with E-state index in [9.17, 15) is 0 Å². The maximum absolute atomic E-state index is 5.44. The number of thiocarbonyl (C=S) groups is 1. The monoisotopic (exact) mass is 442 g/mol. The largest absolute Gasteiger partial charge is 2.00 e. The fourth-order valence-corrected chi connectivity index (χ4v) is 0.955. The Morgan fingerprint density at radius 1 is 1.64 bits per heavy atom. The van der Waals surface area contributed by atoms with Gasteiger partial charge in [0.15, 0.2) is 0 Å². The van der Waals surface area contributed by atoms with E-state index in [0.717, 1.165) is 0 Å². The van der Waals surface area contributed by atoms with Crippen LogP contribution in [0.15, 0.2) is 0 Å². The van der Waals surface area contributed by atoms with Crippen LogP contribution in [0.25, 0.3) is 0 Å². The molecule has 1 saturated heterocycles. The minimum absolute atomic E-state index is 0. The molecule has 4 nitrogen and oxygen atoms in total. The predicted molar refractivity (Wildman–Crippen MR) is 55.0 cm³/mol. The molecule has 0 aliphatic carbocycles. The van der Waals surface area contributed by atoms with Gasteiger partial charge in [0, 0.05) is 6.61 Å². The third-order valence-corrected chi connectivity index (χ3v) is 1.42. The summed E-state index contributed by atoms with van der Waals surface area (Å²) in [6.45, 7) is 9.06. The van der Waals surface area contributed by atoms with Gasteiger partial charge in [-0.15, -0.1) is 0 Å². The number of hydrogen-bond donors (Lipinski definition) is 2. The summed E-state index contributed by atoms with van der Waals surface area (Å²) in [7, 11) is 0. The minimum atomic E-state index is -0.134. The van der Waals surface area contributed by atoms with Gasteiger partial charge in [0.2, 0.25) is 0 Å². The zero-order valence-electron chi connectivity index (χ0n) is 8.50. The van der Waals surface area contributed by atoms with Crippen LogP contribution in [0.3, 0.4) is 0 Å². The van der Waals surface area contributed by atoms with E-state index in [1.165, 1.54) is 0 Å². The zero-order chi connectivity index (χ0) is 10.3. The second kappa shape index (κ2) is 9.08. The smallest absolute Gasteiger partial charge is 0.496 e. The Kier molecular flexibility index (Phi) is 11.2. The third kappa shape index (κ3) is 9.38. The topological polar surface area (TPSA) is 56.5 Å². The van der Waals surface area contributed by atoms with Crippen molar-refractivity contribution in [3.05, 3.63) is 6.92 Å². The Balaban J connectivity index is 0. The molecular weight excluding hydrogens is 426 g/mol. The van der Waals surface area contributed by atoms with Gasteiger partial charge in [-0.1, -0.05) is 0 Å². The molecule has 1 fully saturated rings. The molecule has 0 bridgehead atoms. The van der Waals surface area contributed by atoms with Gasteiger partial charge in [0.25, 0.3) is 0 Å². The van der Waals surface area contributed by atoms with Crippen molar-refractivity contribution in [1.29, 1.82) is 0 Å². The van der Waals surface area contributed by atoms with Crippen LogP contribution >= 0.6 is 12.2 Å². The van der Waals surface area contributed by atoms with Crippen LogP contribution in [0.5, 0.6) is 0 Å². The molecule has 0 aromatic heterocycles. The van der Waals surface area contributed by atoms with Crippen molar-refractivity contribution in [2.24, 2.45) is 5.84 Å². The van der Waals surface area contributed by atoms with Crippen molar-refractivity contribution < 1.29 is 40.6 Å². The first-order chi connectivity index (χ1) is 6.02. The summed E-state index contributed by atoms with van der Waals surface area (Å²) in [5.41, 5.74) is 3.90. The molecule has 1 rings (SSSR count). The number of hydrazine groups is 1.